The van der Waals surface area contributed by atoms with Gasteiger partial charge in [-0.3, -0.25) is 14.4 Å². The summed E-state index contributed by atoms with van der Waals surface area (Å²) in [5.74, 6) is -9.04. The van der Waals surface area contributed by atoms with Gasteiger partial charge in [-0.15, -0.1) is 0 Å². The van der Waals surface area contributed by atoms with E-state index in [-0.39, 0.29) is 0 Å². The minimum absolute atomic E-state index is 0.323. The van der Waals surface area contributed by atoms with E-state index in [1.165, 1.54) is 11.9 Å². The monoisotopic (exact) mass is 501 g/mol. The number of amides is 3. The third-order valence-electron chi connectivity index (χ3n) is 5.67. The van der Waals surface area contributed by atoms with E-state index < -0.39 is 54.5 Å². The highest BCUT2D eigenvalue weighted by Gasteiger charge is 2.57. The molecular formula is C23H21F6N3O3. The quantitative estimate of drug-likeness (QED) is 0.466. The number of nitrogens with zero attached hydrogens (tertiary/aromatic N) is 1. The van der Waals surface area contributed by atoms with E-state index in [2.05, 4.69) is 5.32 Å². The summed E-state index contributed by atoms with van der Waals surface area (Å²) < 4.78 is 77.9. The van der Waals surface area contributed by atoms with Gasteiger partial charge < -0.3 is 15.5 Å². The number of likely N-dealkylation sites (N-methyl/N-ethyl adjacent to an activating group) is 1. The number of benzene rings is 2. The van der Waals surface area contributed by atoms with Gasteiger partial charge in [0.25, 0.3) is 23.4 Å². The summed E-state index contributed by atoms with van der Waals surface area (Å²) in [6.07, 6.45) is -7.68. The van der Waals surface area contributed by atoms with Crippen LogP contribution in [-0.2, 0) is 14.4 Å². The maximum Gasteiger partial charge on any atom is 0.453 e. The van der Waals surface area contributed by atoms with Crippen LogP contribution in [-0.4, -0.2) is 49.1 Å². The van der Waals surface area contributed by atoms with E-state index >= 15 is 4.39 Å². The minimum Gasteiger partial charge on any atom is -0.353 e. The fourth-order valence-corrected chi connectivity index (χ4v) is 3.58. The van der Waals surface area contributed by atoms with Gasteiger partial charge in [0.05, 0.1) is 5.69 Å². The Morgan fingerprint density at radius 2 is 1.49 bits per heavy atom. The van der Waals surface area contributed by atoms with Crippen LogP contribution in [0.3, 0.4) is 0 Å². The van der Waals surface area contributed by atoms with Crippen molar-refractivity contribution in [3.8, 4) is 11.1 Å². The highest BCUT2D eigenvalue weighted by molar-refractivity contribution is 6.11. The third-order valence-corrected chi connectivity index (χ3v) is 5.67. The molecule has 0 unspecified atom stereocenters. The molecule has 3 amide bonds. The highest BCUT2D eigenvalue weighted by atomic mass is 19.4. The van der Waals surface area contributed by atoms with E-state index in [9.17, 15) is 36.3 Å². The van der Waals surface area contributed by atoms with Gasteiger partial charge in [0.1, 0.15) is 6.04 Å². The fourth-order valence-electron chi connectivity index (χ4n) is 3.58. The Kier molecular flexibility index (Phi) is 6.87. The molecule has 2 atom stereocenters. The van der Waals surface area contributed by atoms with Crippen molar-refractivity contribution in [3.05, 3.63) is 54.1 Å². The number of hydrogen-bond donors (Lipinski definition) is 2. The van der Waals surface area contributed by atoms with Gasteiger partial charge in [-0.1, -0.05) is 42.5 Å². The van der Waals surface area contributed by atoms with Crippen LogP contribution in [0.2, 0.25) is 0 Å². The zero-order chi connectivity index (χ0) is 26.2. The Bertz CT molecular complexity index is 1150. The second-order valence-electron chi connectivity index (χ2n) is 8.12. The van der Waals surface area contributed by atoms with Crippen LogP contribution in [0.5, 0.6) is 0 Å². The maximum atomic E-state index is 15.1. The average molecular weight is 501 g/mol. The number of rotatable bonds is 6. The molecule has 0 spiro atoms. The van der Waals surface area contributed by atoms with Crippen molar-refractivity contribution in [2.45, 2.75) is 37.2 Å². The lowest BCUT2D eigenvalue weighted by Crippen LogP contribution is -2.55. The van der Waals surface area contributed by atoms with Crippen LogP contribution in [0.1, 0.15) is 24.9 Å². The largest absolute Gasteiger partial charge is 0.453 e. The molecule has 0 aliphatic carbocycles. The number of halogens is 6. The molecule has 0 aromatic heterocycles. The number of anilines is 1. The Hall–Kier alpha value is -3.57. The average Bonchev–Trinajstić information content (AvgIpc) is 2.88. The lowest BCUT2D eigenvalue weighted by Gasteiger charge is -2.26. The Balaban J connectivity index is 1.81. The molecule has 2 aromatic carbocycles. The van der Waals surface area contributed by atoms with E-state index in [0.717, 1.165) is 0 Å². The van der Waals surface area contributed by atoms with Crippen LogP contribution in [0.4, 0.5) is 32.0 Å². The molecule has 2 N–H and O–H groups in total. The SMILES string of the molecule is CN1C(=O)[C@@H](NC(=O)[C@@](C)(F)C(=O)NCCC(F)(F)C(F)(F)F)c2ccccc2-c2ccccc21. The van der Waals surface area contributed by atoms with Crippen LogP contribution in [0, 0.1) is 0 Å². The summed E-state index contributed by atoms with van der Waals surface area (Å²) in [4.78, 5) is 39.3. The summed E-state index contributed by atoms with van der Waals surface area (Å²) in [5.41, 5.74) is -1.29. The number of carbonyl (C=O) groups excluding carboxylic acids is 3. The first-order valence-electron chi connectivity index (χ1n) is 10.4. The van der Waals surface area contributed by atoms with Crippen LogP contribution < -0.4 is 15.5 Å². The second-order valence-corrected chi connectivity index (χ2v) is 8.12. The lowest BCUT2D eigenvalue weighted by molar-refractivity contribution is -0.283. The van der Waals surface area contributed by atoms with Crippen molar-refractivity contribution in [2.75, 3.05) is 18.5 Å². The Morgan fingerprint density at radius 3 is 2.11 bits per heavy atom. The second kappa shape index (κ2) is 9.23. The van der Waals surface area contributed by atoms with Gasteiger partial charge in [0, 0.05) is 25.6 Å². The van der Waals surface area contributed by atoms with Crippen molar-refractivity contribution in [1.82, 2.24) is 10.6 Å². The summed E-state index contributed by atoms with van der Waals surface area (Å²) in [7, 11) is 1.45. The molecule has 1 aliphatic rings. The van der Waals surface area contributed by atoms with Crippen molar-refractivity contribution >= 4 is 23.4 Å². The molecule has 35 heavy (non-hydrogen) atoms. The van der Waals surface area contributed by atoms with Gasteiger partial charge in [-0.25, -0.2) is 4.39 Å². The topological polar surface area (TPSA) is 78.5 Å². The van der Waals surface area contributed by atoms with E-state index in [1.807, 2.05) is 0 Å². The van der Waals surface area contributed by atoms with Crippen LogP contribution in [0.25, 0.3) is 11.1 Å². The molecule has 0 saturated carbocycles. The molecule has 0 bridgehead atoms. The normalized spacial score (nSPS) is 17.5. The van der Waals surface area contributed by atoms with Crippen molar-refractivity contribution in [3.63, 3.8) is 0 Å². The number of fused-ring (bicyclic) bond motifs is 3. The first kappa shape index (κ1) is 26.0. The summed E-state index contributed by atoms with van der Waals surface area (Å²) in [5, 5.41) is 3.77. The van der Waals surface area contributed by atoms with E-state index in [1.54, 1.807) is 53.8 Å². The fraction of sp³-hybridized carbons (Fsp3) is 0.348. The van der Waals surface area contributed by atoms with Gasteiger partial charge in [0.15, 0.2) is 0 Å². The molecule has 1 aliphatic heterocycles. The Labute approximate surface area is 196 Å². The molecule has 0 saturated heterocycles. The zero-order valence-electron chi connectivity index (χ0n) is 18.6. The molecular weight excluding hydrogens is 480 g/mol. The summed E-state index contributed by atoms with van der Waals surface area (Å²) in [6.45, 7) is -0.716. The van der Waals surface area contributed by atoms with Crippen molar-refractivity contribution in [1.29, 1.82) is 0 Å². The first-order valence-corrected chi connectivity index (χ1v) is 10.4. The molecule has 0 radical (unpaired) electrons. The van der Waals surface area contributed by atoms with Crippen molar-refractivity contribution in [2.24, 2.45) is 0 Å². The number of alkyl halides is 6. The van der Waals surface area contributed by atoms with Gasteiger partial charge >= 0.3 is 12.1 Å². The molecule has 6 nitrogen and oxygen atoms in total. The van der Waals surface area contributed by atoms with Gasteiger partial charge in [0.2, 0.25) is 0 Å². The van der Waals surface area contributed by atoms with E-state index in [0.29, 0.717) is 29.3 Å². The molecule has 2 aromatic rings. The number of carbonyl (C=O) groups is 3. The maximum absolute atomic E-state index is 15.1. The molecule has 0 fully saturated rings. The number of nitrogens with one attached hydrogen (secondary N) is 2. The Morgan fingerprint density at radius 1 is 0.914 bits per heavy atom. The van der Waals surface area contributed by atoms with Crippen LogP contribution >= 0.6 is 0 Å². The number of para-hydroxylation sites is 1. The number of hydrogen-bond acceptors (Lipinski definition) is 3. The highest BCUT2D eigenvalue weighted by Crippen LogP contribution is 2.40. The predicted octanol–water partition coefficient (Wildman–Crippen LogP) is 3.92. The van der Waals surface area contributed by atoms with Crippen LogP contribution in [0.15, 0.2) is 48.5 Å². The summed E-state index contributed by atoms with van der Waals surface area (Å²) >= 11 is 0. The van der Waals surface area contributed by atoms with Gasteiger partial charge in [-0.2, -0.15) is 22.0 Å². The molecule has 1 heterocycles. The molecule has 188 valence electrons. The minimum atomic E-state index is -5.84. The standard InChI is InChI=1S/C23H21F6N3O3/c1-21(24,19(34)30-12-11-22(25,26)23(27,28)29)20(35)31-17-15-9-4-3-7-13(15)14-8-5-6-10-16(14)32(2)18(17)33/h3-10,17H,11-12H2,1-2H3,(H,30,34)(H,31,35)/t17-,21-/m0/s1. The molecule has 3 rings (SSSR count). The smallest absolute Gasteiger partial charge is 0.353 e. The van der Waals surface area contributed by atoms with Gasteiger partial charge in [-0.05, 0) is 24.1 Å². The zero-order valence-corrected chi connectivity index (χ0v) is 18.6. The van der Waals surface area contributed by atoms with E-state index in [4.69, 9.17) is 0 Å². The third kappa shape index (κ3) is 4.96. The molecule has 12 heteroatoms. The first-order chi connectivity index (χ1) is 16.2. The lowest BCUT2D eigenvalue weighted by atomic mass is 9.94. The van der Waals surface area contributed by atoms with Crippen molar-refractivity contribution < 1.29 is 40.7 Å². The predicted molar refractivity (Wildman–Crippen MR) is 114 cm³/mol. The summed E-state index contributed by atoms with van der Waals surface area (Å²) in [6, 6.07) is 12.0.